The summed E-state index contributed by atoms with van der Waals surface area (Å²) < 4.78 is 5.35. The molecule has 2 atom stereocenters. The monoisotopic (exact) mass is 263 g/mol. The maximum Gasteiger partial charge on any atom is 0.307 e. The summed E-state index contributed by atoms with van der Waals surface area (Å²) >= 11 is 0. The van der Waals surface area contributed by atoms with Crippen LogP contribution in [0.1, 0.15) is 30.4 Å². The highest BCUT2D eigenvalue weighted by atomic mass is 16.5. The molecule has 1 aromatic rings. The molecular weight excluding hydrogens is 242 g/mol. The average Bonchev–Trinajstić information content (AvgIpc) is 2.85. The van der Waals surface area contributed by atoms with E-state index in [-0.39, 0.29) is 6.42 Å². The van der Waals surface area contributed by atoms with Crippen molar-refractivity contribution >= 4 is 5.97 Å². The molecule has 104 valence electrons. The van der Waals surface area contributed by atoms with Crippen LogP contribution in [0.15, 0.2) is 24.3 Å². The fraction of sp³-hybridized carbons (Fsp3) is 0.533. The third kappa shape index (κ3) is 4.04. The van der Waals surface area contributed by atoms with Gasteiger partial charge in [0, 0.05) is 19.7 Å². The third-order valence-electron chi connectivity index (χ3n) is 3.76. The lowest BCUT2D eigenvalue weighted by Crippen LogP contribution is -2.27. The Labute approximate surface area is 113 Å². The van der Waals surface area contributed by atoms with Crippen molar-refractivity contribution in [1.82, 2.24) is 5.32 Å². The van der Waals surface area contributed by atoms with Gasteiger partial charge in [-0.15, -0.1) is 0 Å². The maximum atomic E-state index is 10.8. The smallest absolute Gasteiger partial charge is 0.307 e. The molecule has 1 aromatic carbocycles. The number of methoxy groups -OCH3 is 1. The summed E-state index contributed by atoms with van der Waals surface area (Å²) in [6.07, 6.45) is 3.72. The molecule has 1 fully saturated rings. The van der Waals surface area contributed by atoms with Crippen LogP contribution < -0.4 is 5.32 Å². The van der Waals surface area contributed by atoms with Crippen LogP contribution in [0.25, 0.3) is 0 Å². The predicted molar refractivity (Wildman–Crippen MR) is 73.1 cm³/mol. The molecule has 0 heterocycles. The molecule has 2 unspecified atom stereocenters. The Morgan fingerprint density at radius 2 is 2.11 bits per heavy atom. The van der Waals surface area contributed by atoms with Crippen molar-refractivity contribution in [2.75, 3.05) is 7.11 Å². The topological polar surface area (TPSA) is 58.6 Å². The van der Waals surface area contributed by atoms with Crippen LogP contribution >= 0.6 is 0 Å². The minimum atomic E-state index is -0.784. The molecule has 0 radical (unpaired) electrons. The second-order valence-corrected chi connectivity index (χ2v) is 5.09. The molecule has 4 nitrogen and oxygen atoms in total. The first kappa shape index (κ1) is 14.0. The van der Waals surface area contributed by atoms with Crippen LogP contribution in [0.5, 0.6) is 0 Å². The second kappa shape index (κ2) is 6.68. The Hall–Kier alpha value is -1.39. The van der Waals surface area contributed by atoms with E-state index >= 15 is 0 Å². The van der Waals surface area contributed by atoms with Crippen molar-refractivity contribution in [2.45, 2.75) is 44.4 Å². The van der Waals surface area contributed by atoms with Gasteiger partial charge in [0.2, 0.25) is 0 Å². The van der Waals surface area contributed by atoms with Crippen LogP contribution in [0.4, 0.5) is 0 Å². The average molecular weight is 263 g/mol. The summed E-state index contributed by atoms with van der Waals surface area (Å²) in [6, 6.07) is 8.20. The van der Waals surface area contributed by atoms with Crippen molar-refractivity contribution in [1.29, 1.82) is 0 Å². The summed E-state index contributed by atoms with van der Waals surface area (Å²) in [5.41, 5.74) is 1.97. The number of rotatable bonds is 6. The van der Waals surface area contributed by atoms with Crippen molar-refractivity contribution < 1.29 is 14.6 Å². The standard InChI is InChI=1S/C15H21NO3/c1-19-14-7-6-13(9-14)16-10-12-5-3-2-4-11(12)8-15(17)18/h2-5,13-14,16H,6-10H2,1H3,(H,17,18). The lowest BCUT2D eigenvalue weighted by atomic mass is 10.0. The molecule has 4 heteroatoms. The Morgan fingerprint density at radius 1 is 1.37 bits per heavy atom. The lowest BCUT2D eigenvalue weighted by molar-refractivity contribution is -0.136. The van der Waals surface area contributed by atoms with Crippen LogP contribution in [0, 0.1) is 0 Å². The Balaban J connectivity index is 1.90. The van der Waals surface area contributed by atoms with Gasteiger partial charge in [-0.2, -0.15) is 0 Å². The number of carboxylic acids is 1. The van der Waals surface area contributed by atoms with Gasteiger partial charge in [0.1, 0.15) is 0 Å². The first-order chi connectivity index (χ1) is 9.19. The van der Waals surface area contributed by atoms with Gasteiger partial charge in [0.25, 0.3) is 0 Å². The molecule has 1 aliphatic carbocycles. The van der Waals surface area contributed by atoms with Gasteiger partial charge >= 0.3 is 5.97 Å². The molecule has 0 amide bonds. The predicted octanol–water partition coefficient (Wildman–Crippen LogP) is 1.97. The molecule has 19 heavy (non-hydrogen) atoms. The van der Waals surface area contributed by atoms with Gasteiger partial charge in [-0.3, -0.25) is 4.79 Å². The van der Waals surface area contributed by atoms with E-state index in [1.807, 2.05) is 24.3 Å². The van der Waals surface area contributed by atoms with Crippen molar-refractivity contribution in [3.8, 4) is 0 Å². The summed E-state index contributed by atoms with van der Waals surface area (Å²) in [5, 5.41) is 12.4. The fourth-order valence-electron chi connectivity index (χ4n) is 2.66. The van der Waals surface area contributed by atoms with E-state index in [4.69, 9.17) is 9.84 Å². The highest BCUT2D eigenvalue weighted by Gasteiger charge is 2.23. The van der Waals surface area contributed by atoms with Gasteiger partial charge in [-0.1, -0.05) is 24.3 Å². The van der Waals surface area contributed by atoms with E-state index in [1.54, 1.807) is 7.11 Å². The zero-order chi connectivity index (χ0) is 13.7. The number of hydrogen-bond donors (Lipinski definition) is 2. The minimum absolute atomic E-state index is 0.0865. The summed E-state index contributed by atoms with van der Waals surface area (Å²) in [4.78, 5) is 10.8. The largest absolute Gasteiger partial charge is 0.481 e. The highest BCUT2D eigenvalue weighted by molar-refractivity contribution is 5.70. The molecule has 0 aliphatic heterocycles. The van der Waals surface area contributed by atoms with Gasteiger partial charge in [-0.25, -0.2) is 0 Å². The Morgan fingerprint density at radius 3 is 2.74 bits per heavy atom. The van der Waals surface area contributed by atoms with E-state index in [9.17, 15) is 4.79 Å². The van der Waals surface area contributed by atoms with Gasteiger partial charge in [0.15, 0.2) is 0 Å². The van der Waals surface area contributed by atoms with Crippen molar-refractivity contribution in [2.24, 2.45) is 0 Å². The number of benzene rings is 1. The zero-order valence-corrected chi connectivity index (χ0v) is 11.3. The van der Waals surface area contributed by atoms with Crippen molar-refractivity contribution in [3.05, 3.63) is 35.4 Å². The summed E-state index contributed by atoms with van der Waals surface area (Å²) in [6.45, 7) is 0.727. The molecule has 2 rings (SSSR count). The molecule has 1 aliphatic rings. The third-order valence-corrected chi connectivity index (χ3v) is 3.76. The van der Waals surface area contributed by atoms with Crippen LogP contribution in [-0.4, -0.2) is 30.3 Å². The normalized spacial score (nSPS) is 22.6. The molecular formula is C15H21NO3. The highest BCUT2D eigenvalue weighted by Crippen LogP contribution is 2.22. The SMILES string of the molecule is COC1CCC(NCc2ccccc2CC(=O)O)C1. The molecule has 0 spiro atoms. The van der Waals surface area contributed by atoms with Crippen LogP contribution in [0.3, 0.4) is 0 Å². The molecule has 1 saturated carbocycles. The van der Waals surface area contributed by atoms with E-state index in [0.717, 1.165) is 36.9 Å². The number of carbonyl (C=O) groups is 1. The fourth-order valence-corrected chi connectivity index (χ4v) is 2.66. The first-order valence-corrected chi connectivity index (χ1v) is 6.73. The maximum absolute atomic E-state index is 10.8. The van der Waals surface area contributed by atoms with Crippen LogP contribution in [-0.2, 0) is 22.5 Å². The summed E-state index contributed by atoms with van der Waals surface area (Å²) in [5.74, 6) is -0.784. The molecule has 0 aromatic heterocycles. The van der Waals surface area contributed by atoms with E-state index in [1.165, 1.54) is 0 Å². The van der Waals surface area contributed by atoms with Gasteiger partial charge in [-0.05, 0) is 30.4 Å². The first-order valence-electron chi connectivity index (χ1n) is 6.73. The zero-order valence-electron chi connectivity index (χ0n) is 11.3. The number of aliphatic carboxylic acids is 1. The number of hydrogen-bond acceptors (Lipinski definition) is 3. The molecule has 0 bridgehead atoms. The second-order valence-electron chi connectivity index (χ2n) is 5.09. The number of nitrogens with one attached hydrogen (secondary N) is 1. The molecule has 0 saturated heterocycles. The van der Waals surface area contributed by atoms with E-state index < -0.39 is 5.97 Å². The van der Waals surface area contributed by atoms with E-state index in [2.05, 4.69) is 5.32 Å². The van der Waals surface area contributed by atoms with Crippen LogP contribution in [0.2, 0.25) is 0 Å². The quantitative estimate of drug-likeness (QED) is 0.824. The van der Waals surface area contributed by atoms with Gasteiger partial charge in [0.05, 0.1) is 12.5 Å². The lowest BCUT2D eigenvalue weighted by Gasteiger charge is -2.14. The number of ether oxygens (including phenoxy) is 1. The Kier molecular flexibility index (Phi) is 4.93. The Bertz CT molecular complexity index is 433. The minimum Gasteiger partial charge on any atom is -0.481 e. The summed E-state index contributed by atoms with van der Waals surface area (Å²) in [7, 11) is 1.76. The molecule has 2 N–H and O–H groups in total. The van der Waals surface area contributed by atoms with Crippen molar-refractivity contribution in [3.63, 3.8) is 0 Å². The van der Waals surface area contributed by atoms with E-state index in [0.29, 0.717) is 12.1 Å². The van der Waals surface area contributed by atoms with Gasteiger partial charge < -0.3 is 15.2 Å². The number of carboxylic acid groups (broad SMARTS) is 1.